The van der Waals surface area contributed by atoms with Crippen LogP contribution in [0.5, 0.6) is 5.75 Å². The van der Waals surface area contributed by atoms with Gasteiger partial charge in [0.05, 0.1) is 7.11 Å². The molecule has 0 aliphatic heterocycles. The second-order valence-corrected chi connectivity index (χ2v) is 5.68. The Morgan fingerprint density at radius 2 is 1.64 bits per heavy atom. The van der Waals surface area contributed by atoms with Crippen molar-refractivity contribution in [3.8, 4) is 5.75 Å². The summed E-state index contributed by atoms with van der Waals surface area (Å²) >= 11 is 0. The Bertz CT molecular complexity index is 797. The van der Waals surface area contributed by atoms with Crippen LogP contribution in [-0.4, -0.2) is 21.5 Å². The first kappa shape index (κ1) is 15.9. The van der Waals surface area contributed by atoms with Gasteiger partial charge >= 0.3 is 16.1 Å². The van der Waals surface area contributed by atoms with Crippen LogP contribution in [0.2, 0.25) is 0 Å². The minimum Gasteiger partial charge on any atom is -0.465 e. The topological polar surface area (TPSA) is 69.7 Å². The highest BCUT2D eigenvalue weighted by atomic mass is 32.2. The average molecular weight is 328 g/mol. The summed E-state index contributed by atoms with van der Waals surface area (Å²) in [6.45, 7) is 0. The van der Waals surface area contributed by atoms with Crippen LogP contribution in [0.15, 0.2) is 47.4 Å². The SMILES string of the molecule is COC(=O)c1ccccc1OS(=O)(=O)c1cc(F)cc(F)c1. The number of para-hydroxylation sites is 1. The molecule has 5 nitrogen and oxygen atoms in total. The van der Waals surface area contributed by atoms with Gasteiger partial charge in [-0.2, -0.15) is 8.42 Å². The Morgan fingerprint density at radius 1 is 1.05 bits per heavy atom. The van der Waals surface area contributed by atoms with E-state index in [4.69, 9.17) is 4.18 Å². The van der Waals surface area contributed by atoms with E-state index < -0.39 is 32.6 Å². The first-order valence-electron chi connectivity index (χ1n) is 5.91. The van der Waals surface area contributed by atoms with E-state index in [-0.39, 0.29) is 11.3 Å². The normalized spacial score (nSPS) is 11.0. The number of hydrogen-bond donors (Lipinski definition) is 0. The molecule has 22 heavy (non-hydrogen) atoms. The molecule has 0 bridgehead atoms. The maximum absolute atomic E-state index is 13.1. The van der Waals surface area contributed by atoms with Gasteiger partial charge in [0.25, 0.3) is 0 Å². The largest absolute Gasteiger partial charge is 0.465 e. The zero-order valence-corrected chi connectivity index (χ0v) is 12.1. The average Bonchev–Trinajstić information content (AvgIpc) is 2.45. The van der Waals surface area contributed by atoms with Gasteiger partial charge in [-0.15, -0.1) is 0 Å². The highest BCUT2D eigenvalue weighted by Gasteiger charge is 2.22. The van der Waals surface area contributed by atoms with Crippen molar-refractivity contribution in [3.63, 3.8) is 0 Å². The van der Waals surface area contributed by atoms with Crippen LogP contribution < -0.4 is 4.18 Å². The van der Waals surface area contributed by atoms with Crippen molar-refractivity contribution in [3.05, 3.63) is 59.7 Å². The van der Waals surface area contributed by atoms with E-state index in [1.165, 1.54) is 24.3 Å². The number of carbonyl (C=O) groups excluding carboxylic acids is 1. The van der Waals surface area contributed by atoms with Crippen molar-refractivity contribution in [2.24, 2.45) is 0 Å². The third-order valence-corrected chi connectivity index (χ3v) is 3.83. The third-order valence-electron chi connectivity index (χ3n) is 2.62. The molecule has 2 aromatic carbocycles. The maximum Gasteiger partial charge on any atom is 0.341 e. The molecule has 0 N–H and O–H groups in total. The van der Waals surface area contributed by atoms with Crippen LogP contribution in [0, 0.1) is 11.6 Å². The Labute approximate surface area is 125 Å². The van der Waals surface area contributed by atoms with Gasteiger partial charge in [0.2, 0.25) is 0 Å². The molecule has 0 spiro atoms. The van der Waals surface area contributed by atoms with E-state index in [2.05, 4.69) is 4.74 Å². The number of esters is 1. The minimum absolute atomic E-state index is 0.134. The van der Waals surface area contributed by atoms with Crippen LogP contribution in [0.1, 0.15) is 10.4 Å². The Hall–Kier alpha value is -2.48. The van der Waals surface area contributed by atoms with Crippen LogP contribution in [0.4, 0.5) is 8.78 Å². The summed E-state index contributed by atoms with van der Waals surface area (Å²) in [7, 11) is -3.39. The molecule has 0 aliphatic carbocycles. The van der Waals surface area contributed by atoms with E-state index in [0.29, 0.717) is 18.2 Å². The van der Waals surface area contributed by atoms with Crippen molar-refractivity contribution < 1.29 is 30.9 Å². The highest BCUT2D eigenvalue weighted by molar-refractivity contribution is 7.87. The zero-order chi connectivity index (χ0) is 16.3. The predicted octanol–water partition coefficient (Wildman–Crippen LogP) is 2.52. The highest BCUT2D eigenvalue weighted by Crippen LogP contribution is 2.24. The summed E-state index contributed by atoms with van der Waals surface area (Å²) < 4.78 is 59.7. The summed E-state index contributed by atoms with van der Waals surface area (Å²) in [6.07, 6.45) is 0. The fourth-order valence-corrected chi connectivity index (χ4v) is 2.65. The lowest BCUT2D eigenvalue weighted by Crippen LogP contribution is -2.13. The summed E-state index contributed by atoms with van der Waals surface area (Å²) in [5.41, 5.74) is -0.134. The van der Waals surface area contributed by atoms with Gasteiger partial charge in [0.1, 0.15) is 22.1 Å². The molecule has 0 heterocycles. The van der Waals surface area contributed by atoms with Crippen LogP contribution >= 0.6 is 0 Å². The second-order valence-electron chi connectivity index (χ2n) is 4.13. The second kappa shape index (κ2) is 6.10. The minimum atomic E-state index is -4.51. The van der Waals surface area contributed by atoms with Gasteiger partial charge < -0.3 is 8.92 Å². The molecule has 2 aromatic rings. The Morgan fingerprint density at radius 3 is 2.23 bits per heavy atom. The lowest BCUT2D eigenvalue weighted by atomic mass is 10.2. The van der Waals surface area contributed by atoms with E-state index in [1.807, 2.05) is 0 Å². The lowest BCUT2D eigenvalue weighted by Gasteiger charge is -2.10. The molecule has 0 atom stereocenters. The number of ether oxygens (including phenoxy) is 1. The van der Waals surface area contributed by atoms with Gasteiger partial charge in [-0.25, -0.2) is 13.6 Å². The van der Waals surface area contributed by atoms with Crippen molar-refractivity contribution in [2.45, 2.75) is 4.90 Å². The Balaban J connectivity index is 2.43. The molecule has 2 rings (SSSR count). The third kappa shape index (κ3) is 3.40. The van der Waals surface area contributed by atoms with E-state index in [9.17, 15) is 22.0 Å². The molecule has 8 heteroatoms. The fraction of sp³-hybridized carbons (Fsp3) is 0.0714. The number of methoxy groups -OCH3 is 1. The van der Waals surface area contributed by atoms with E-state index in [1.54, 1.807) is 0 Å². The fourth-order valence-electron chi connectivity index (χ4n) is 1.66. The molecule has 0 aromatic heterocycles. The van der Waals surface area contributed by atoms with E-state index >= 15 is 0 Å². The van der Waals surface area contributed by atoms with Gasteiger partial charge in [-0.05, 0) is 24.3 Å². The van der Waals surface area contributed by atoms with E-state index in [0.717, 1.165) is 7.11 Å². The van der Waals surface area contributed by atoms with Gasteiger partial charge in [0.15, 0.2) is 5.75 Å². The van der Waals surface area contributed by atoms with Gasteiger partial charge in [0, 0.05) is 6.07 Å². The lowest BCUT2D eigenvalue weighted by molar-refractivity contribution is 0.0599. The monoisotopic (exact) mass is 328 g/mol. The zero-order valence-electron chi connectivity index (χ0n) is 11.2. The number of carbonyl (C=O) groups is 1. The van der Waals surface area contributed by atoms with Crippen molar-refractivity contribution in [2.75, 3.05) is 7.11 Å². The number of rotatable bonds is 4. The molecule has 0 saturated carbocycles. The molecule has 0 radical (unpaired) electrons. The van der Waals surface area contributed by atoms with Gasteiger partial charge in [-0.1, -0.05) is 12.1 Å². The molecule has 116 valence electrons. The first-order valence-corrected chi connectivity index (χ1v) is 7.32. The number of benzene rings is 2. The molecular weight excluding hydrogens is 318 g/mol. The quantitative estimate of drug-likeness (QED) is 0.637. The summed E-state index contributed by atoms with van der Waals surface area (Å²) in [4.78, 5) is 10.8. The predicted molar refractivity (Wildman–Crippen MR) is 72.0 cm³/mol. The summed E-state index contributed by atoms with van der Waals surface area (Å²) in [5, 5.41) is 0. The summed E-state index contributed by atoms with van der Waals surface area (Å²) in [6, 6.07) is 7.18. The van der Waals surface area contributed by atoms with Gasteiger partial charge in [-0.3, -0.25) is 0 Å². The maximum atomic E-state index is 13.1. The molecule has 0 amide bonds. The van der Waals surface area contributed by atoms with Crippen molar-refractivity contribution in [1.29, 1.82) is 0 Å². The van der Waals surface area contributed by atoms with Crippen molar-refractivity contribution in [1.82, 2.24) is 0 Å². The standard InChI is InChI=1S/C14H10F2O5S/c1-20-14(17)12-4-2-3-5-13(12)21-22(18,19)11-7-9(15)6-10(16)8-11/h2-8H,1H3. The smallest absolute Gasteiger partial charge is 0.341 e. The molecule has 0 fully saturated rings. The van der Waals surface area contributed by atoms with Crippen LogP contribution in [0.3, 0.4) is 0 Å². The number of halogens is 2. The first-order chi connectivity index (χ1) is 10.3. The number of hydrogen-bond acceptors (Lipinski definition) is 5. The van der Waals surface area contributed by atoms with Crippen molar-refractivity contribution >= 4 is 16.1 Å². The molecule has 0 saturated heterocycles. The van der Waals surface area contributed by atoms with Crippen LogP contribution in [-0.2, 0) is 14.9 Å². The molecule has 0 aliphatic rings. The summed E-state index contributed by atoms with van der Waals surface area (Å²) in [5.74, 6) is -3.25. The molecule has 0 unspecified atom stereocenters. The van der Waals surface area contributed by atoms with Crippen LogP contribution in [0.25, 0.3) is 0 Å². The molecular formula is C14H10F2O5S. The Kier molecular flexibility index (Phi) is 4.41.